The minimum atomic E-state index is 0.0146. The van der Waals surface area contributed by atoms with Crippen molar-refractivity contribution >= 4 is 11.6 Å². The first-order valence-electron chi connectivity index (χ1n) is 9.57. The maximum atomic E-state index is 13.4. The lowest BCUT2D eigenvalue weighted by Crippen LogP contribution is -2.35. The number of carbonyl (C=O) groups is 1. The third-order valence-corrected chi connectivity index (χ3v) is 5.43. The van der Waals surface area contributed by atoms with Crippen molar-refractivity contribution in [2.45, 2.75) is 38.6 Å². The molecule has 3 aromatic rings. The van der Waals surface area contributed by atoms with E-state index in [2.05, 4.69) is 17.1 Å². The zero-order valence-electron chi connectivity index (χ0n) is 15.9. The van der Waals surface area contributed by atoms with Gasteiger partial charge in [0.1, 0.15) is 17.1 Å². The summed E-state index contributed by atoms with van der Waals surface area (Å²) < 4.78 is 7.26. The van der Waals surface area contributed by atoms with Crippen LogP contribution in [0.4, 0.5) is 0 Å². The molecule has 5 heteroatoms. The van der Waals surface area contributed by atoms with Crippen molar-refractivity contribution in [2.24, 2.45) is 0 Å². The number of methoxy groups -OCH3 is 1. The number of aromatic nitrogens is 2. The number of hydrogen-bond donors (Lipinski definition) is 0. The number of pyridine rings is 1. The van der Waals surface area contributed by atoms with Gasteiger partial charge >= 0.3 is 0 Å². The first-order valence-corrected chi connectivity index (χ1v) is 9.57. The highest BCUT2D eigenvalue weighted by Crippen LogP contribution is 2.32. The number of carbonyl (C=O) groups excluding carboxylic acids is 1. The molecular formula is C22H25N3O2. The summed E-state index contributed by atoms with van der Waals surface area (Å²) in [5, 5.41) is 0. The quantitative estimate of drug-likeness (QED) is 0.692. The van der Waals surface area contributed by atoms with E-state index in [9.17, 15) is 4.79 Å². The van der Waals surface area contributed by atoms with E-state index >= 15 is 0 Å². The summed E-state index contributed by atoms with van der Waals surface area (Å²) in [6.45, 7) is 2.79. The van der Waals surface area contributed by atoms with Crippen LogP contribution in [0.15, 0.2) is 48.7 Å². The molecule has 0 unspecified atom stereocenters. The molecule has 27 heavy (non-hydrogen) atoms. The molecule has 0 N–H and O–H groups in total. The van der Waals surface area contributed by atoms with Crippen LogP contribution in [0.3, 0.4) is 0 Å². The largest absolute Gasteiger partial charge is 0.497 e. The van der Waals surface area contributed by atoms with Crippen LogP contribution in [0.2, 0.25) is 0 Å². The smallest absolute Gasteiger partial charge is 0.274 e. The summed E-state index contributed by atoms with van der Waals surface area (Å²) in [5.74, 6) is 0.849. The number of hydrogen-bond acceptors (Lipinski definition) is 3. The summed E-state index contributed by atoms with van der Waals surface area (Å²) >= 11 is 0. The van der Waals surface area contributed by atoms with E-state index in [1.165, 1.54) is 0 Å². The van der Waals surface area contributed by atoms with Gasteiger partial charge in [0.25, 0.3) is 5.91 Å². The van der Waals surface area contributed by atoms with Gasteiger partial charge in [-0.25, -0.2) is 4.98 Å². The van der Waals surface area contributed by atoms with Crippen LogP contribution in [0, 0.1) is 6.92 Å². The van der Waals surface area contributed by atoms with Gasteiger partial charge in [-0.2, -0.15) is 0 Å². The van der Waals surface area contributed by atoms with E-state index < -0.39 is 0 Å². The van der Waals surface area contributed by atoms with Crippen LogP contribution < -0.4 is 4.74 Å². The second kappa shape index (κ2) is 7.43. The van der Waals surface area contributed by atoms with Crippen LogP contribution in [0.25, 0.3) is 5.65 Å². The number of benzene rings is 1. The number of likely N-dealkylation sites (tertiary alicyclic amines) is 1. The average Bonchev–Trinajstić information content (AvgIpc) is 2.99. The van der Waals surface area contributed by atoms with Crippen molar-refractivity contribution in [1.82, 2.24) is 14.3 Å². The Morgan fingerprint density at radius 2 is 1.93 bits per heavy atom. The summed E-state index contributed by atoms with van der Waals surface area (Å²) in [4.78, 5) is 20.0. The van der Waals surface area contributed by atoms with Gasteiger partial charge in [-0.05, 0) is 49.6 Å². The number of aryl methyl sites for hydroxylation is 1. The van der Waals surface area contributed by atoms with E-state index in [-0.39, 0.29) is 11.9 Å². The van der Waals surface area contributed by atoms with E-state index in [1.54, 1.807) is 7.11 Å². The lowest BCUT2D eigenvalue weighted by atomic mass is 10.0. The minimum Gasteiger partial charge on any atom is -0.497 e. The summed E-state index contributed by atoms with van der Waals surface area (Å²) in [7, 11) is 1.67. The first kappa shape index (κ1) is 17.6. The van der Waals surface area contributed by atoms with Crippen LogP contribution >= 0.6 is 0 Å². The fourth-order valence-electron chi connectivity index (χ4n) is 3.92. The van der Waals surface area contributed by atoms with Crippen LogP contribution in [0.1, 0.15) is 53.5 Å². The lowest BCUT2D eigenvalue weighted by Gasteiger charge is -2.30. The number of imidazole rings is 1. The molecule has 1 aliphatic heterocycles. The van der Waals surface area contributed by atoms with Gasteiger partial charge in [-0.15, -0.1) is 0 Å². The van der Waals surface area contributed by atoms with Gasteiger partial charge in [0.15, 0.2) is 0 Å². The third kappa shape index (κ3) is 3.42. The fourth-order valence-corrected chi connectivity index (χ4v) is 3.92. The molecule has 0 saturated carbocycles. The lowest BCUT2D eigenvalue weighted by molar-refractivity contribution is 0.0675. The molecule has 0 spiro atoms. The van der Waals surface area contributed by atoms with E-state index in [1.807, 2.05) is 52.8 Å². The second-order valence-electron chi connectivity index (χ2n) is 7.16. The Kier molecular flexibility index (Phi) is 4.84. The molecule has 1 aliphatic rings. The summed E-state index contributed by atoms with van der Waals surface area (Å²) in [5.41, 5.74) is 3.56. The standard InChI is InChI=1S/C22H25N3O2/c1-16-7-6-9-21-23-19(15-25(16)21)22(26)24-14-5-3-4-8-20(24)17-10-12-18(27-2)13-11-17/h6-7,9-13,15,20H,3-5,8,14H2,1-2H3/t20-/m0/s1. The molecule has 1 amide bonds. The van der Waals surface area contributed by atoms with Gasteiger partial charge in [-0.3, -0.25) is 4.79 Å². The van der Waals surface area contributed by atoms with Crippen LogP contribution in [0.5, 0.6) is 5.75 Å². The van der Waals surface area contributed by atoms with Crippen molar-refractivity contribution < 1.29 is 9.53 Å². The Labute approximate surface area is 159 Å². The Bertz CT molecular complexity index is 946. The normalized spacial score (nSPS) is 17.7. The van der Waals surface area contributed by atoms with E-state index in [4.69, 9.17) is 4.74 Å². The summed E-state index contributed by atoms with van der Waals surface area (Å²) in [6, 6.07) is 14.1. The zero-order chi connectivity index (χ0) is 18.8. The van der Waals surface area contributed by atoms with E-state index in [0.29, 0.717) is 5.69 Å². The second-order valence-corrected chi connectivity index (χ2v) is 7.16. The predicted molar refractivity (Wildman–Crippen MR) is 105 cm³/mol. The topological polar surface area (TPSA) is 46.8 Å². The molecule has 3 heterocycles. The predicted octanol–water partition coefficient (Wildman–Crippen LogP) is 4.41. The van der Waals surface area contributed by atoms with Crippen molar-refractivity contribution in [3.63, 3.8) is 0 Å². The zero-order valence-corrected chi connectivity index (χ0v) is 15.9. The Hall–Kier alpha value is -2.82. The molecule has 140 valence electrons. The number of ether oxygens (including phenoxy) is 1. The first-order chi connectivity index (χ1) is 13.2. The molecule has 0 bridgehead atoms. The fraction of sp³-hybridized carbons (Fsp3) is 0.364. The summed E-state index contributed by atoms with van der Waals surface area (Å²) in [6.07, 6.45) is 6.16. The monoisotopic (exact) mass is 363 g/mol. The molecule has 0 aliphatic carbocycles. The van der Waals surface area contributed by atoms with Crippen molar-refractivity contribution in [3.05, 3.63) is 65.6 Å². The highest BCUT2D eigenvalue weighted by atomic mass is 16.5. The molecule has 0 radical (unpaired) electrons. The van der Waals surface area contributed by atoms with Crippen LogP contribution in [-0.4, -0.2) is 33.8 Å². The molecular weight excluding hydrogens is 338 g/mol. The Morgan fingerprint density at radius 1 is 1.11 bits per heavy atom. The van der Waals surface area contributed by atoms with Crippen molar-refractivity contribution in [1.29, 1.82) is 0 Å². The maximum Gasteiger partial charge on any atom is 0.274 e. The Morgan fingerprint density at radius 3 is 2.67 bits per heavy atom. The number of nitrogens with zero attached hydrogens (tertiary/aromatic N) is 3. The van der Waals surface area contributed by atoms with Gasteiger partial charge in [-0.1, -0.05) is 31.0 Å². The minimum absolute atomic E-state index is 0.0146. The van der Waals surface area contributed by atoms with Crippen molar-refractivity contribution in [2.75, 3.05) is 13.7 Å². The van der Waals surface area contributed by atoms with Gasteiger partial charge in [0.2, 0.25) is 0 Å². The molecule has 5 nitrogen and oxygen atoms in total. The molecule has 1 saturated heterocycles. The number of rotatable bonds is 3. The molecule has 2 aromatic heterocycles. The third-order valence-electron chi connectivity index (χ3n) is 5.43. The van der Waals surface area contributed by atoms with Crippen LogP contribution in [-0.2, 0) is 0 Å². The molecule has 4 rings (SSSR count). The number of fused-ring (bicyclic) bond motifs is 1. The van der Waals surface area contributed by atoms with Crippen molar-refractivity contribution in [3.8, 4) is 5.75 Å². The Balaban J connectivity index is 1.68. The highest BCUT2D eigenvalue weighted by molar-refractivity contribution is 5.93. The average molecular weight is 363 g/mol. The number of amides is 1. The maximum absolute atomic E-state index is 13.4. The van der Waals surface area contributed by atoms with E-state index in [0.717, 1.165) is 54.9 Å². The van der Waals surface area contributed by atoms with Gasteiger partial charge in [0.05, 0.1) is 13.2 Å². The molecule has 1 aromatic carbocycles. The SMILES string of the molecule is COc1ccc([C@@H]2CCCCCN2C(=O)c2cn3c(C)cccc3n2)cc1. The molecule has 1 atom stereocenters. The highest BCUT2D eigenvalue weighted by Gasteiger charge is 2.29. The van der Waals surface area contributed by atoms with Gasteiger partial charge in [0, 0.05) is 18.4 Å². The van der Waals surface area contributed by atoms with Gasteiger partial charge < -0.3 is 14.0 Å². The molecule has 1 fully saturated rings.